The topological polar surface area (TPSA) is 12.0 Å². The van der Waals surface area contributed by atoms with Gasteiger partial charge in [-0.15, -0.1) is 11.8 Å². The van der Waals surface area contributed by atoms with E-state index in [1.807, 2.05) is 5.41 Å². The molecular formula is C15H25NS2. The monoisotopic (exact) mass is 283 g/mol. The lowest BCUT2D eigenvalue weighted by Crippen LogP contribution is -2.11. The van der Waals surface area contributed by atoms with Gasteiger partial charge in [-0.3, -0.25) is 0 Å². The predicted octanol–water partition coefficient (Wildman–Crippen LogP) is 5.65. The molecule has 0 saturated carbocycles. The summed E-state index contributed by atoms with van der Waals surface area (Å²) in [6.45, 7) is 15.2. The van der Waals surface area contributed by atoms with Crippen molar-refractivity contribution in [2.45, 2.75) is 40.0 Å². The molecule has 0 aliphatic carbocycles. The zero-order chi connectivity index (χ0) is 13.8. The summed E-state index contributed by atoms with van der Waals surface area (Å²) < 4.78 is 0. The standard InChI is InChI=1S/C15H25NS2/c1-6-8-9-10-16-15(5)18-12-14(4)13(3)11-17-7-2/h7,11-12,16H,2,5-6,8-10H2,1,3-4H3/b13-11+,14-12+. The van der Waals surface area contributed by atoms with E-state index in [0.717, 1.165) is 11.6 Å². The van der Waals surface area contributed by atoms with Crippen LogP contribution in [0, 0.1) is 0 Å². The summed E-state index contributed by atoms with van der Waals surface area (Å²) in [5.41, 5.74) is 2.54. The molecule has 0 aromatic carbocycles. The van der Waals surface area contributed by atoms with Gasteiger partial charge in [0.2, 0.25) is 0 Å². The molecule has 0 saturated heterocycles. The third-order valence-electron chi connectivity index (χ3n) is 2.44. The highest BCUT2D eigenvalue weighted by molar-refractivity contribution is 8.05. The third-order valence-corrected chi connectivity index (χ3v) is 4.03. The van der Waals surface area contributed by atoms with Crippen molar-refractivity contribution in [3.63, 3.8) is 0 Å². The molecule has 0 spiro atoms. The first-order valence-electron chi connectivity index (χ1n) is 6.31. The minimum atomic E-state index is 1.02. The van der Waals surface area contributed by atoms with Gasteiger partial charge in [0.05, 0.1) is 5.03 Å². The van der Waals surface area contributed by atoms with Crippen molar-refractivity contribution in [2.75, 3.05) is 6.54 Å². The van der Waals surface area contributed by atoms with Crippen molar-refractivity contribution < 1.29 is 0 Å². The molecule has 0 amide bonds. The van der Waals surface area contributed by atoms with Crippen LogP contribution in [0.5, 0.6) is 0 Å². The van der Waals surface area contributed by atoms with Crippen LogP contribution in [-0.4, -0.2) is 6.54 Å². The summed E-state index contributed by atoms with van der Waals surface area (Å²) in [4.78, 5) is 0. The molecule has 18 heavy (non-hydrogen) atoms. The van der Waals surface area contributed by atoms with E-state index < -0.39 is 0 Å². The van der Waals surface area contributed by atoms with Crippen LogP contribution in [0.2, 0.25) is 0 Å². The Hall–Kier alpha value is -0.540. The molecular weight excluding hydrogens is 258 g/mol. The summed E-state index contributed by atoms with van der Waals surface area (Å²) in [7, 11) is 0. The molecule has 0 aromatic rings. The Balaban J connectivity index is 3.97. The molecule has 0 fully saturated rings. The second-order valence-corrected chi connectivity index (χ2v) is 5.88. The Kier molecular flexibility index (Phi) is 11.2. The average molecular weight is 284 g/mol. The molecule has 0 aliphatic rings. The van der Waals surface area contributed by atoms with Crippen molar-refractivity contribution in [3.05, 3.63) is 45.6 Å². The lowest BCUT2D eigenvalue weighted by Gasteiger charge is -2.07. The van der Waals surface area contributed by atoms with E-state index in [1.54, 1.807) is 23.5 Å². The van der Waals surface area contributed by atoms with E-state index in [9.17, 15) is 0 Å². The van der Waals surface area contributed by atoms with E-state index in [0.29, 0.717) is 0 Å². The molecule has 0 unspecified atom stereocenters. The van der Waals surface area contributed by atoms with Crippen molar-refractivity contribution in [2.24, 2.45) is 0 Å². The summed E-state index contributed by atoms with van der Waals surface area (Å²) in [6.07, 6.45) is 3.75. The Bertz CT molecular complexity index is 316. The van der Waals surface area contributed by atoms with Crippen LogP contribution in [0.1, 0.15) is 40.0 Å². The molecule has 1 N–H and O–H groups in total. The third kappa shape index (κ3) is 9.49. The maximum atomic E-state index is 4.01. The number of rotatable bonds is 10. The molecule has 0 aromatic heterocycles. The molecule has 102 valence electrons. The SMILES string of the molecule is C=CS/C=C(C)/C(C)=C/SC(=C)NCCCCC. The van der Waals surface area contributed by atoms with Gasteiger partial charge in [-0.1, -0.05) is 44.7 Å². The Morgan fingerprint density at radius 2 is 1.83 bits per heavy atom. The minimum absolute atomic E-state index is 1.02. The summed E-state index contributed by atoms with van der Waals surface area (Å²) in [5.74, 6) is 0. The molecule has 0 radical (unpaired) electrons. The number of hydrogen-bond donors (Lipinski definition) is 1. The fraction of sp³-hybridized carbons (Fsp3) is 0.467. The molecule has 0 bridgehead atoms. The van der Waals surface area contributed by atoms with Gasteiger partial charge in [0.25, 0.3) is 0 Å². The molecule has 0 atom stereocenters. The first kappa shape index (κ1) is 17.5. The zero-order valence-electron chi connectivity index (χ0n) is 11.8. The van der Waals surface area contributed by atoms with Crippen LogP contribution in [0.25, 0.3) is 0 Å². The molecule has 0 heterocycles. The van der Waals surface area contributed by atoms with Crippen LogP contribution in [0.3, 0.4) is 0 Å². The molecule has 3 heteroatoms. The Morgan fingerprint density at radius 1 is 1.17 bits per heavy atom. The molecule has 0 rings (SSSR count). The first-order chi connectivity index (χ1) is 8.61. The lowest BCUT2D eigenvalue weighted by molar-refractivity contribution is 0.680. The van der Waals surface area contributed by atoms with E-state index in [2.05, 4.69) is 50.1 Å². The van der Waals surface area contributed by atoms with Crippen LogP contribution in [0.4, 0.5) is 0 Å². The van der Waals surface area contributed by atoms with E-state index in [4.69, 9.17) is 0 Å². The smallest absolute Gasteiger partial charge is 0.0650 e. The van der Waals surface area contributed by atoms with Gasteiger partial charge in [0.1, 0.15) is 0 Å². The average Bonchev–Trinajstić information content (AvgIpc) is 2.38. The van der Waals surface area contributed by atoms with Gasteiger partial charge in [-0.05, 0) is 47.6 Å². The fourth-order valence-electron chi connectivity index (χ4n) is 1.14. The molecule has 1 nitrogen and oxygen atoms in total. The van der Waals surface area contributed by atoms with Crippen molar-refractivity contribution in [1.82, 2.24) is 5.32 Å². The van der Waals surface area contributed by atoms with E-state index in [1.165, 1.54) is 30.4 Å². The highest BCUT2D eigenvalue weighted by Crippen LogP contribution is 2.20. The lowest BCUT2D eigenvalue weighted by atomic mass is 10.2. The highest BCUT2D eigenvalue weighted by Gasteiger charge is 1.95. The van der Waals surface area contributed by atoms with Crippen molar-refractivity contribution >= 4 is 23.5 Å². The maximum absolute atomic E-state index is 4.01. The van der Waals surface area contributed by atoms with Crippen molar-refractivity contribution in [1.29, 1.82) is 0 Å². The molecule has 0 aliphatic heterocycles. The van der Waals surface area contributed by atoms with Gasteiger partial charge in [0.15, 0.2) is 0 Å². The van der Waals surface area contributed by atoms with Gasteiger partial charge in [0, 0.05) is 6.54 Å². The Morgan fingerprint density at radius 3 is 2.44 bits per heavy atom. The van der Waals surface area contributed by atoms with Crippen LogP contribution < -0.4 is 5.32 Å². The van der Waals surface area contributed by atoms with Crippen LogP contribution >= 0.6 is 23.5 Å². The van der Waals surface area contributed by atoms with Gasteiger partial charge in [-0.25, -0.2) is 0 Å². The second-order valence-electron chi connectivity index (χ2n) is 4.08. The van der Waals surface area contributed by atoms with Gasteiger partial charge in [-0.2, -0.15) is 0 Å². The quantitative estimate of drug-likeness (QED) is 0.411. The minimum Gasteiger partial charge on any atom is -0.380 e. The number of thioether (sulfide) groups is 2. The number of unbranched alkanes of at least 4 members (excludes halogenated alkanes) is 2. The first-order valence-corrected chi connectivity index (χ1v) is 8.13. The van der Waals surface area contributed by atoms with Crippen LogP contribution in [0.15, 0.2) is 45.6 Å². The normalized spacial score (nSPS) is 12.4. The van der Waals surface area contributed by atoms with Crippen molar-refractivity contribution in [3.8, 4) is 0 Å². The predicted molar refractivity (Wildman–Crippen MR) is 89.6 cm³/mol. The Labute approximate surface area is 121 Å². The van der Waals surface area contributed by atoms with Gasteiger partial charge >= 0.3 is 0 Å². The summed E-state index contributed by atoms with van der Waals surface area (Å²) in [6, 6.07) is 0. The number of nitrogens with one attached hydrogen (secondary N) is 1. The van der Waals surface area contributed by atoms with E-state index in [-0.39, 0.29) is 0 Å². The highest BCUT2D eigenvalue weighted by atomic mass is 32.2. The summed E-state index contributed by atoms with van der Waals surface area (Å²) in [5, 5.41) is 10.4. The number of allylic oxidation sites excluding steroid dienone is 2. The second kappa shape index (κ2) is 11.5. The fourth-order valence-corrected chi connectivity index (χ4v) is 2.32. The number of hydrogen-bond acceptors (Lipinski definition) is 3. The summed E-state index contributed by atoms with van der Waals surface area (Å²) >= 11 is 3.27. The largest absolute Gasteiger partial charge is 0.380 e. The maximum Gasteiger partial charge on any atom is 0.0650 e. The van der Waals surface area contributed by atoms with Crippen LogP contribution in [-0.2, 0) is 0 Å². The zero-order valence-corrected chi connectivity index (χ0v) is 13.4. The van der Waals surface area contributed by atoms with E-state index >= 15 is 0 Å². The van der Waals surface area contributed by atoms with Gasteiger partial charge < -0.3 is 5.32 Å².